The molecule has 9 heteroatoms. The number of hydrogen-bond donors (Lipinski definition) is 1. The van der Waals surface area contributed by atoms with E-state index in [4.69, 9.17) is 0 Å². The van der Waals surface area contributed by atoms with E-state index in [2.05, 4.69) is 19.4 Å². The number of carbonyl (C=O) groups is 1. The van der Waals surface area contributed by atoms with Gasteiger partial charge in [-0.15, -0.1) is 10.4 Å². The number of aldehydes is 1. The normalized spacial score (nSPS) is 9.13. The summed E-state index contributed by atoms with van der Waals surface area (Å²) in [4.78, 5) is 19.8. The predicted molar refractivity (Wildman–Crippen MR) is 39.6 cm³/mol. The molecule has 0 radical (unpaired) electrons. The molecule has 2 aromatic rings. The molecular weight excluding hydrogens is 208 g/mol. The number of aryl methyl sites for hydroxylation is 1. The molecule has 0 atom stereocenters. The van der Waals surface area contributed by atoms with Crippen molar-refractivity contribution in [3.8, 4) is 5.95 Å². The molecule has 80 valence electrons. The van der Waals surface area contributed by atoms with Gasteiger partial charge in [0, 0.05) is 0 Å². The molecule has 0 saturated heterocycles. The Morgan fingerprint density at radius 1 is 1.67 bits per heavy atom. The van der Waals surface area contributed by atoms with Gasteiger partial charge in [0.25, 0.3) is 5.69 Å². The van der Waals surface area contributed by atoms with Crippen molar-refractivity contribution < 1.29 is 23.6 Å². The molecule has 0 spiro atoms. The van der Waals surface area contributed by atoms with Crippen molar-refractivity contribution in [2.24, 2.45) is 7.05 Å². The van der Waals surface area contributed by atoms with E-state index < -0.39 is 11.6 Å². The highest BCUT2D eigenvalue weighted by atomic mass is 16.6. The Labute approximate surface area is 81.9 Å². The van der Waals surface area contributed by atoms with Crippen molar-refractivity contribution in [3.63, 3.8) is 0 Å². The van der Waals surface area contributed by atoms with Gasteiger partial charge < -0.3 is 14.2 Å². The van der Waals surface area contributed by atoms with Crippen molar-refractivity contribution >= 4 is 6.29 Å². The summed E-state index contributed by atoms with van der Waals surface area (Å²) in [5, 5.41) is 18.8. The highest BCUT2D eigenvalue weighted by Crippen LogP contribution is 2.00. The van der Waals surface area contributed by atoms with Crippen LogP contribution in [0.25, 0.3) is 0 Å². The summed E-state index contributed by atoms with van der Waals surface area (Å²) >= 11 is 0. The van der Waals surface area contributed by atoms with Gasteiger partial charge in [0.2, 0.25) is 6.29 Å². The zero-order valence-electron chi connectivity index (χ0n) is 7.54. The van der Waals surface area contributed by atoms with Crippen molar-refractivity contribution in [2.45, 2.75) is 0 Å². The van der Waals surface area contributed by atoms with Gasteiger partial charge in [0.1, 0.15) is 6.20 Å². The zero-order valence-corrected chi connectivity index (χ0v) is 7.54. The molecule has 0 fully saturated rings. The van der Waals surface area contributed by atoms with Gasteiger partial charge in [-0.25, -0.2) is 4.79 Å². The van der Waals surface area contributed by atoms with Crippen molar-refractivity contribution in [3.05, 3.63) is 22.3 Å². The molecule has 2 heterocycles. The Morgan fingerprint density at radius 3 is 2.60 bits per heavy atom. The van der Waals surface area contributed by atoms with Crippen LogP contribution in [0.1, 0.15) is 10.5 Å². The third-order valence-electron chi connectivity index (χ3n) is 1.28. The summed E-state index contributed by atoms with van der Waals surface area (Å²) in [5.41, 5.74) is -0.523. The van der Waals surface area contributed by atoms with Crippen LogP contribution < -0.4 is 15.4 Å². The summed E-state index contributed by atoms with van der Waals surface area (Å²) in [6.45, 7) is 0. The largest absolute Gasteiger partial charge is 0.539 e. The molecule has 0 aliphatic heterocycles. The maximum Gasteiger partial charge on any atom is 0.377 e. The third-order valence-corrected chi connectivity index (χ3v) is 1.28. The molecule has 1 N–H and O–H groups in total. The molecular formula is C6H6N4O5. The molecule has 0 bridgehead atoms. The second-order valence-corrected chi connectivity index (χ2v) is 2.26. The molecule has 15 heavy (non-hydrogen) atoms. The minimum atomic E-state index is -0.701. The third kappa shape index (κ3) is 2.76. The first kappa shape index (κ1) is 10.6. The Kier molecular flexibility index (Phi) is 3.33. The van der Waals surface area contributed by atoms with E-state index in [-0.39, 0.29) is 5.69 Å². The quantitative estimate of drug-likeness (QED) is 0.419. The van der Waals surface area contributed by atoms with E-state index in [9.17, 15) is 14.7 Å². The maximum atomic E-state index is 10.4. The van der Waals surface area contributed by atoms with Crippen LogP contribution in [0, 0.1) is 0 Å². The average molecular weight is 214 g/mol. The van der Waals surface area contributed by atoms with Crippen LogP contribution in [-0.2, 0) is 7.05 Å². The number of nitrogens with zero attached hydrogens (tertiary/aromatic N) is 3. The van der Waals surface area contributed by atoms with Gasteiger partial charge in [-0.1, -0.05) is 4.68 Å². The molecule has 9 nitrogen and oxygen atoms in total. The lowest BCUT2D eigenvalue weighted by molar-refractivity contribution is -0.741. The second kappa shape index (κ2) is 4.69. The lowest BCUT2D eigenvalue weighted by Crippen LogP contribution is -2.34. The summed E-state index contributed by atoms with van der Waals surface area (Å²) in [6.07, 6.45) is 1.46. The van der Waals surface area contributed by atoms with Crippen molar-refractivity contribution in [1.29, 1.82) is 0 Å². The first-order valence-corrected chi connectivity index (χ1v) is 3.62. The van der Waals surface area contributed by atoms with Crippen LogP contribution >= 0.6 is 0 Å². The van der Waals surface area contributed by atoms with E-state index >= 15 is 0 Å². The fraction of sp³-hybridized carbons (Fsp3) is 0.167. The zero-order chi connectivity index (χ0) is 11.3. The molecule has 0 unspecified atom stereocenters. The first-order chi connectivity index (χ1) is 7.15. The van der Waals surface area contributed by atoms with E-state index in [1.165, 1.54) is 7.05 Å². The Balaban J connectivity index is 0.000000162. The van der Waals surface area contributed by atoms with Gasteiger partial charge in [-0.2, -0.15) is 0 Å². The van der Waals surface area contributed by atoms with Gasteiger partial charge in [-0.3, -0.25) is 4.79 Å². The Hall–Kier alpha value is -2.45. The minimum absolute atomic E-state index is 0.0741. The SMILES string of the molecule is C[n+]1noc([O-])c1C=O.O=c1cn[nH]o1. The number of H-pyrrole nitrogens is 1. The van der Waals surface area contributed by atoms with Crippen LogP contribution in [0.2, 0.25) is 0 Å². The van der Waals surface area contributed by atoms with Gasteiger partial charge in [-0.05, 0) is 0 Å². The molecule has 0 aromatic carbocycles. The number of carbonyl (C=O) groups excluding carboxylic acids is 1. The van der Waals surface area contributed by atoms with Gasteiger partial charge >= 0.3 is 5.63 Å². The van der Waals surface area contributed by atoms with E-state index in [1.807, 2.05) is 5.27 Å². The summed E-state index contributed by atoms with van der Waals surface area (Å²) in [7, 11) is 1.45. The average Bonchev–Trinajstić information content (AvgIpc) is 2.78. The highest BCUT2D eigenvalue weighted by molar-refractivity contribution is 5.71. The van der Waals surface area contributed by atoms with E-state index in [0.29, 0.717) is 6.29 Å². The lowest BCUT2D eigenvalue weighted by Gasteiger charge is -1.81. The number of aromatic amines is 1. The molecule has 0 aliphatic carbocycles. The van der Waals surface area contributed by atoms with Crippen LogP contribution in [-0.4, -0.2) is 21.9 Å². The van der Waals surface area contributed by atoms with Gasteiger partial charge in [0.05, 0.1) is 5.27 Å². The smallest absolute Gasteiger partial charge is 0.377 e. The van der Waals surface area contributed by atoms with Crippen LogP contribution in [0.3, 0.4) is 0 Å². The maximum absolute atomic E-state index is 10.4. The Morgan fingerprint density at radius 2 is 2.40 bits per heavy atom. The van der Waals surface area contributed by atoms with Crippen LogP contribution in [0.5, 0.6) is 5.95 Å². The number of aromatic nitrogens is 4. The molecule has 2 aromatic heterocycles. The Bertz CT molecular complexity index is 447. The minimum Gasteiger partial charge on any atom is -0.539 e. The van der Waals surface area contributed by atoms with Gasteiger partial charge in [0.15, 0.2) is 13.0 Å². The van der Waals surface area contributed by atoms with Crippen molar-refractivity contribution in [2.75, 3.05) is 0 Å². The monoisotopic (exact) mass is 214 g/mol. The first-order valence-electron chi connectivity index (χ1n) is 3.62. The topological polar surface area (TPSA) is 129 Å². The highest BCUT2D eigenvalue weighted by Gasteiger charge is 2.09. The molecule has 0 amide bonds. The van der Waals surface area contributed by atoms with Crippen LogP contribution in [0.4, 0.5) is 0 Å². The summed E-state index contributed by atoms with van der Waals surface area (Å²) in [5.74, 6) is -0.701. The molecule has 0 saturated carbocycles. The number of hydrogen-bond acceptors (Lipinski definition) is 7. The number of rotatable bonds is 1. The molecule has 0 aliphatic rings. The fourth-order valence-corrected chi connectivity index (χ4v) is 0.622. The van der Waals surface area contributed by atoms with E-state index in [0.717, 1.165) is 10.9 Å². The van der Waals surface area contributed by atoms with Crippen molar-refractivity contribution in [1.82, 2.24) is 15.6 Å². The van der Waals surface area contributed by atoms with E-state index in [1.54, 1.807) is 0 Å². The predicted octanol–water partition coefficient (Wildman–Crippen LogP) is -2.25. The second-order valence-electron chi connectivity index (χ2n) is 2.26. The summed E-state index contributed by atoms with van der Waals surface area (Å²) < 4.78 is 9.23. The number of nitrogens with one attached hydrogen (secondary N) is 1. The van der Waals surface area contributed by atoms with Crippen LogP contribution in [0.15, 0.2) is 20.0 Å². The molecule has 2 rings (SSSR count). The standard InChI is InChI=1S/C4H4N2O3.C2H2N2O2/c1-6-3(2-7)4(8)9-5-6;5-2-1-3-4-6-2/h2H,1H3;1,4H. The fourth-order valence-electron chi connectivity index (χ4n) is 0.622. The lowest BCUT2D eigenvalue weighted by atomic mass is 10.5. The summed E-state index contributed by atoms with van der Waals surface area (Å²) in [6, 6.07) is 0.